The normalized spacial score (nSPS) is 14.2. The molecule has 0 fully saturated rings. The first-order valence-electron chi connectivity index (χ1n) is 6.12. The van der Waals surface area contributed by atoms with Crippen LogP contribution in [0.15, 0.2) is 60.7 Å². The van der Waals surface area contributed by atoms with Crippen molar-refractivity contribution in [3.63, 3.8) is 0 Å². The molecule has 0 heterocycles. The van der Waals surface area contributed by atoms with Crippen molar-refractivity contribution in [1.29, 1.82) is 0 Å². The standard InChI is InChI=1S/C16H19N/c1-13(12-14-8-4-2-5-9-14)16(17)15-10-6-3-7-11-15/h2-11,13,16H,12,17H2,1H3/t13-,16?/m0/s1. The van der Waals surface area contributed by atoms with Gasteiger partial charge >= 0.3 is 0 Å². The maximum atomic E-state index is 6.29. The largest absolute Gasteiger partial charge is 0.324 e. The van der Waals surface area contributed by atoms with E-state index in [1.165, 1.54) is 11.1 Å². The molecule has 1 heteroatoms. The van der Waals surface area contributed by atoms with Crippen LogP contribution in [-0.2, 0) is 6.42 Å². The Hall–Kier alpha value is -1.60. The van der Waals surface area contributed by atoms with E-state index in [4.69, 9.17) is 5.73 Å². The van der Waals surface area contributed by atoms with Gasteiger partial charge in [-0.1, -0.05) is 67.6 Å². The smallest absolute Gasteiger partial charge is 0.0324 e. The van der Waals surface area contributed by atoms with E-state index in [2.05, 4.69) is 43.3 Å². The summed E-state index contributed by atoms with van der Waals surface area (Å²) in [7, 11) is 0. The second-order valence-corrected chi connectivity index (χ2v) is 4.60. The van der Waals surface area contributed by atoms with E-state index in [0.29, 0.717) is 5.92 Å². The molecule has 0 saturated carbocycles. The number of benzene rings is 2. The Morgan fingerprint density at radius 3 is 2.00 bits per heavy atom. The zero-order valence-electron chi connectivity index (χ0n) is 10.2. The Labute approximate surface area is 103 Å². The summed E-state index contributed by atoms with van der Waals surface area (Å²) in [6.07, 6.45) is 1.02. The van der Waals surface area contributed by atoms with Crippen molar-refractivity contribution in [3.05, 3.63) is 71.8 Å². The molecule has 1 unspecified atom stereocenters. The van der Waals surface area contributed by atoms with Crippen LogP contribution in [-0.4, -0.2) is 0 Å². The number of hydrogen-bond donors (Lipinski definition) is 1. The zero-order chi connectivity index (χ0) is 12.1. The van der Waals surface area contributed by atoms with E-state index >= 15 is 0 Å². The molecule has 2 N–H and O–H groups in total. The van der Waals surface area contributed by atoms with Gasteiger partial charge in [0.15, 0.2) is 0 Å². The highest BCUT2D eigenvalue weighted by Gasteiger charge is 2.14. The minimum absolute atomic E-state index is 0.108. The zero-order valence-corrected chi connectivity index (χ0v) is 10.2. The molecule has 2 aromatic rings. The van der Waals surface area contributed by atoms with Crippen molar-refractivity contribution in [1.82, 2.24) is 0 Å². The van der Waals surface area contributed by atoms with Crippen LogP contribution in [0.2, 0.25) is 0 Å². The number of rotatable bonds is 4. The topological polar surface area (TPSA) is 26.0 Å². The molecule has 88 valence electrons. The Morgan fingerprint density at radius 1 is 0.882 bits per heavy atom. The first kappa shape index (κ1) is 11.9. The van der Waals surface area contributed by atoms with Gasteiger partial charge in [-0.3, -0.25) is 0 Å². The summed E-state index contributed by atoms with van der Waals surface area (Å²) in [4.78, 5) is 0. The van der Waals surface area contributed by atoms with E-state index in [-0.39, 0.29) is 6.04 Å². The molecule has 0 saturated heterocycles. The van der Waals surface area contributed by atoms with Gasteiger partial charge in [-0.2, -0.15) is 0 Å². The summed E-state index contributed by atoms with van der Waals surface area (Å²) < 4.78 is 0. The van der Waals surface area contributed by atoms with E-state index < -0.39 is 0 Å². The van der Waals surface area contributed by atoms with Crippen LogP contribution in [0, 0.1) is 5.92 Å². The van der Waals surface area contributed by atoms with Crippen molar-refractivity contribution < 1.29 is 0 Å². The van der Waals surface area contributed by atoms with Crippen LogP contribution in [0.25, 0.3) is 0 Å². The highest BCUT2D eigenvalue weighted by atomic mass is 14.6. The molecule has 0 spiro atoms. The lowest BCUT2D eigenvalue weighted by Gasteiger charge is -2.20. The molecule has 2 rings (SSSR count). The molecule has 0 aliphatic carbocycles. The molecule has 2 aromatic carbocycles. The molecule has 0 radical (unpaired) electrons. The fraction of sp³-hybridized carbons (Fsp3) is 0.250. The van der Waals surface area contributed by atoms with Gasteiger partial charge in [0.25, 0.3) is 0 Å². The molecular weight excluding hydrogens is 206 g/mol. The molecule has 0 aromatic heterocycles. The van der Waals surface area contributed by atoms with Gasteiger partial charge in [-0.25, -0.2) is 0 Å². The number of hydrogen-bond acceptors (Lipinski definition) is 1. The minimum Gasteiger partial charge on any atom is -0.324 e. The van der Waals surface area contributed by atoms with E-state index in [1.807, 2.05) is 24.3 Å². The predicted octanol–water partition coefficient (Wildman–Crippen LogP) is 3.57. The summed E-state index contributed by atoms with van der Waals surface area (Å²) in [5.74, 6) is 0.444. The highest BCUT2D eigenvalue weighted by molar-refractivity contribution is 5.21. The van der Waals surface area contributed by atoms with Gasteiger partial charge in [-0.15, -0.1) is 0 Å². The summed E-state index contributed by atoms with van der Waals surface area (Å²) in [6.45, 7) is 2.21. The minimum atomic E-state index is 0.108. The molecule has 1 nitrogen and oxygen atoms in total. The third kappa shape index (κ3) is 3.18. The van der Waals surface area contributed by atoms with Crippen LogP contribution in [0.3, 0.4) is 0 Å². The average Bonchev–Trinajstić information content (AvgIpc) is 2.40. The van der Waals surface area contributed by atoms with Gasteiger partial charge in [-0.05, 0) is 23.5 Å². The molecule has 0 bridgehead atoms. The molecule has 17 heavy (non-hydrogen) atoms. The van der Waals surface area contributed by atoms with Crippen molar-refractivity contribution in [2.24, 2.45) is 11.7 Å². The molecule has 2 atom stereocenters. The molecule has 0 aliphatic heterocycles. The highest BCUT2D eigenvalue weighted by Crippen LogP contribution is 2.22. The Balaban J connectivity index is 2.03. The first-order valence-corrected chi connectivity index (χ1v) is 6.12. The van der Waals surface area contributed by atoms with Crippen LogP contribution in [0.5, 0.6) is 0 Å². The van der Waals surface area contributed by atoms with E-state index in [0.717, 1.165) is 6.42 Å². The summed E-state index contributed by atoms with van der Waals surface area (Å²) in [5.41, 5.74) is 8.86. The van der Waals surface area contributed by atoms with Crippen LogP contribution >= 0.6 is 0 Å². The van der Waals surface area contributed by atoms with Gasteiger partial charge in [0.05, 0.1) is 0 Å². The van der Waals surface area contributed by atoms with Crippen molar-refractivity contribution >= 4 is 0 Å². The number of nitrogens with two attached hydrogens (primary N) is 1. The SMILES string of the molecule is C[C@@H](Cc1ccccc1)C(N)c1ccccc1. The van der Waals surface area contributed by atoms with E-state index in [9.17, 15) is 0 Å². The second kappa shape index (κ2) is 5.65. The van der Waals surface area contributed by atoms with Crippen LogP contribution < -0.4 is 5.73 Å². The van der Waals surface area contributed by atoms with Gasteiger partial charge in [0.2, 0.25) is 0 Å². The van der Waals surface area contributed by atoms with E-state index in [1.54, 1.807) is 0 Å². The fourth-order valence-corrected chi connectivity index (χ4v) is 2.12. The molecule has 0 aliphatic rings. The summed E-state index contributed by atoms with van der Waals surface area (Å²) in [6, 6.07) is 21.0. The van der Waals surface area contributed by atoms with Crippen molar-refractivity contribution in [2.45, 2.75) is 19.4 Å². The van der Waals surface area contributed by atoms with Gasteiger partial charge in [0, 0.05) is 6.04 Å². The lowest BCUT2D eigenvalue weighted by atomic mass is 9.90. The summed E-state index contributed by atoms with van der Waals surface area (Å²) in [5, 5.41) is 0. The van der Waals surface area contributed by atoms with Crippen molar-refractivity contribution in [3.8, 4) is 0 Å². The quantitative estimate of drug-likeness (QED) is 0.846. The predicted molar refractivity (Wildman–Crippen MR) is 72.7 cm³/mol. The Bertz CT molecular complexity index is 436. The second-order valence-electron chi connectivity index (χ2n) is 4.60. The third-order valence-corrected chi connectivity index (χ3v) is 3.20. The molecular formula is C16H19N. The van der Waals surface area contributed by atoms with Gasteiger partial charge in [0.1, 0.15) is 0 Å². The molecule has 0 amide bonds. The lowest BCUT2D eigenvalue weighted by Crippen LogP contribution is -2.20. The van der Waals surface area contributed by atoms with Crippen LogP contribution in [0.1, 0.15) is 24.1 Å². The Morgan fingerprint density at radius 2 is 1.41 bits per heavy atom. The monoisotopic (exact) mass is 225 g/mol. The lowest BCUT2D eigenvalue weighted by molar-refractivity contribution is 0.468. The summed E-state index contributed by atoms with van der Waals surface area (Å²) >= 11 is 0. The average molecular weight is 225 g/mol. The third-order valence-electron chi connectivity index (χ3n) is 3.20. The maximum Gasteiger partial charge on any atom is 0.0324 e. The Kier molecular flexibility index (Phi) is 3.94. The van der Waals surface area contributed by atoms with Gasteiger partial charge < -0.3 is 5.73 Å². The fourth-order valence-electron chi connectivity index (χ4n) is 2.12. The first-order chi connectivity index (χ1) is 8.27. The van der Waals surface area contributed by atoms with Crippen molar-refractivity contribution in [2.75, 3.05) is 0 Å². The van der Waals surface area contributed by atoms with Crippen LogP contribution in [0.4, 0.5) is 0 Å². The maximum absolute atomic E-state index is 6.29.